The van der Waals surface area contributed by atoms with Crippen molar-refractivity contribution < 1.29 is 24.2 Å². The van der Waals surface area contributed by atoms with Gasteiger partial charge in [0.1, 0.15) is 5.75 Å². The van der Waals surface area contributed by atoms with Gasteiger partial charge >= 0.3 is 5.97 Å². The second kappa shape index (κ2) is 9.08. The molecule has 0 spiro atoms. The van der Waals surface area contributed by atoms with Crippen LogP contribution in [0.25, 0.3) is 6.08 Å². The van der Waals surface area contributed by atoms with Crippen LogP contribution in [0.2, 0.25) is 0 Å². The van der Waals surface area contributed by atoms with Crippen LogP contribution in [0.15, 0.2) is 30.3 Å². The molecular weight excluding hydrogens is 310 g/mol. The Bertz CT molecular complexity index is 582. The molecule has 1 atom stereocenters. The molecule has 0 radical (unpaired) electrons. The number of carboxylic acid groups (broad SMARTS) is 1. The zero-order valence-electron chi connectivity index (χ0n) is 13.8. The van der Waals surface area contributed by atoms with Crippen molar-refractivity contribution >= 4 is 18.0 Å². The lowest BCUT2D eigenvalue weighted by atomic mass is 10.2. The average molecular weight is 333 g/mol. The summed E-state index contributed by atoms with van der Waals surface area (Å²) in [5.41, 5.74) is 0.905. The van der Waals surface area contributed by atoms with Crippen molar-refractivity contribution in [1.29, 1.82) is 0 Å². The summed E-state index contributed by atoms with van der Waals surface area (Å²) in [5.74, 6) is -0.250. The Morgan fingerprint density at radius 2 is 2.12 bits per heavy atom. The lowest BCUT2D eigenvalue weighted by Crippen LogP contribution is -2.45. The molecule has 1 unspecified atom stereocenters. The van der Waals surface area contributed by atoms with Gasteiger partial charge < -0.3 is 19.5 Å². The van der Waals surface area contributed by atoms with Crippen molar-refractivity contribution in [3.05, 3.63) is 35.9 Å². The molecule has 24 heavy (non-hydrogen) atoms. The van der Waals surface area contributed by atoms with Crippen LogP contribution >= 0.6 is 0 Å². The number of aliphatic carboxylic acids is 1. The first-order chi connectivity index (χ1) is 11.6. The standard InChI is InChI=1S/C18H23NO5/c1-2-10-23-15-6-3-14(4-7-15)5-8-17(20)19-9-11-24-16(13-19)12-18(21)22/h3-8,16H,2,9-13H2,1H3,(H,21,22)/b8-5+. The molecule has 1 heterocycles. The van der Waals surface area contributed by atoms with E-state index in [1.807, 2.05) is 24.3 Å². The molecule has 130 valence electrons. The smallest absolute Gasteiger partial charge is 0.306 e. The number of carbonyl (C=O) groups is 2. The summed E-state index contributed by atoms with van der Waals surface area (Å²) in [6, 6.07) is 7.53. The predicted molar refractivity (Wildman–Crippen MR) is 89.8 cm³/mol. The van der Waals surface area contributed by atoms with E-state index < -0.39 is 12.1 Å². The highest BCUT2D eigenvalue weighted by atomic mass is 16.5. The van der Waals surface area contributed by atoms with Crippen LogP contribution < -0.4 is 4.74 Å². The van der Waals surface area contributed by atoms with Gasteiger partial charge in [-0.2, -0.15) is 0 Å². The van der Waals surface area contributed by atoms with E-state index in [1.54, 1.807) is 11.0 Å². The molecule has 1 saturated heterocycles. The van der Waals surface area contributed by atoms with Crippen LogP contribution in [-0.4, -0.2) is 54.3 Å². The topological polar surface area (TPSA) is 76.1 Å². The van der Waals surface area contributed by atoms with Gasteiger partial charge in [-0.15, -0.1) is 0 Å². The summed E-state index contributed by atoms with van der Waals surface area (Å²) in [6.45, 7) is 3.88. The van der Waals surface area contributed by atoms with Crippen LogP contribution in [0.5, 0.6) is 5.75 Å². The molecule has 6 heteroatoms. The van der Waals surface area contributed by atoms with Gasteiger partial charge in [0.25, 0.3) is 0 Å². The van der Waals surface area contributed by atoms with Gasteiger partial charge in [0.15, 0.2) is 0 Å². The minimum atomic E-state index is -0.921. The Hall–Kier alpha value is -2.34. The lowest BCUT2D eigenvalue weighted by molar-refractivity contribution is -0.145. The van der Waals surface area contributed by atoms with E-state index in [4.69, 9.17) is 14.6 Å². The molecule has 6 nitrogen and oxygen atoms in total. The van der Waals surface area contributed by atoms with Crippen molar-refractivity contribution in [2.24, 2.45) is 0 Å². The monoisotopic (exact) mass is 333 g/mol. The molecule has 0 aliphatic carbocycles. The normalized spacial score (nSPS) is 17.9. The summed E-state index contributed by atoms with van der Waals surface area (Å²) >= 11 is 0. The third kappa shape index (κ3) is 5.70. The van der Waals surface area contributed by atoms with E-state index in [0.717, 1.165) is 17.7 Å². The molecule has 1 fully saturated rings. The predicted octanol–water partition coefficient (Wildman–Crippen LogP) is 2.19. The highest BCUT2D eigenvalue weighted by Gasteiger charge is 2.24. The number of amides is 1. The molecule has 1 N–H and O–H groups in total. The maximum Gasteiger partial charge on any atom is 0.306 e. The molecule has 1 aromatic rings. The number of carbonyl (C=O) groups excluding carboxylic acids is 1. The number of nitrogens with zero attached hydrogens (tertiary/aromatic N) is 1. The van der Waals surface area contributed by atoms with Crippen molar-refractivity contribution in [2.75, 3.05) is 26.3 Å². The molecule has 1 aromatic carbocycles. The minimum absolute atomic E-state index is 0.0906. The maximum atomic E-state index is 12.2. The first-order valence-corrected chi connectivity index (χ1v) is 8.11. The van der Waals surface area contributed by atoms with Crippen LogP contribution in [0.1, 0.15) is 25.3 Å². The van der Waals surface area contributed by atoms with Crippen molar-refractivity contribution in [3.8, 4) is 5.75 Å². The highest BCUT2D eigenvalue weighted by Crippen LogP contribution is 2.14. The fourth-order valence-electron chi connectivity index (χ4n) is 2.41. The van der Waals surface area contributed by atoms with Crippen LogP contribution in [0.3, 0.4) is 0 Å². The third-order valence-electron chi connectivity index (χ3n) is 3.62. The first-order valence-electron chi connectivity index (χ1n) is 8.11. The molecular formula is C18H23NO5. The molecule has 0 aromatic heterocycles. The molecule has 2 rings (SSSR count). The van der Waals surface area contributed by atoms with Crippen molar-refractivity contribution in [1.82, 2.24) is 4.90 Å². The summed E-state index contributed by atoms with van der Waals surface area (Å²) in [5, 5.41) is 8.81. The van der Waals surface area contributed by atoms with Gasteiger partial charge in [-0.1, -0.05) is 19.1 Å². The van der Waals surface area contributed by atoms with E-state index in [1.165, 1.54) is 6.08 Å². The number of carboxylic acids is 1. The summed E-state index contributed by atoms with van der Waals surface area (Å²) in [6.07, 6.45) is 3.67. The Morgan fingerprint density at radius 3 is 2.79 bits per heavy atom. The van der Waals surface area contributed by atoms with Crippen molar-refractivity contribution in [3.63, 3.8) is 0 Å². The van der Waals surface area contributed by atoms with Gasteiger partial charge in [0.05, 0.1) is 25.7 Å². The van der Waals surface area contributed by atoms with E-state index in [-0.39, 0.29) is 12.3 Å². The van der Waals surface area contributed by atoms with Gasteiger partial charge in [-0.25, -0.2) is 0 Å². The number of hydrogen-bond donors (Lipinski definition) is 1. The van der Waals surface area contributed by atoms with E-state index in [0.29, 0.717) is 26.3 Å². The average Bonchev–Trinajstić information content (AvgIpc) is 2.58. The van der Waals surface area contributed by atoms with Crippen molar-refractivity contribution in [2.45, 2.75) is 25.9 Å². The molecule has 1 amide bonds. The van der Waals surface area contributed by atoms with Gasteiger partial charge in [-0.3, -0.25) is 9.59 Å². The largest absolute Gasteiger partial charge is 0.494 e. The number of ether oxygens (including phenoxy) is 2. The molecule has 1 aliphatic heterocycles. The van der Waals surface area contributed by atoms with Crippen LogP contribution in [-0.2, 0) is 14.3 Å². The number of morpholine rings is 1. The number of benzene rings is 1. The first kappa shape index (κ1) is 18.0. The van der Waals surface area contributed by atoms with E-state index >= 15 is 0 Å². The quantitative estimate of drug-likeness (QED) is 0.774. The summed E-state index contributed by atoms with van der Waals surface area (Å²) in [4.78, 5) is 24.6. The van der Waals surface area contributed by atoms with E-state index in [2.05, 4.69) is 6.92 Å². The fraction of sp³-hybridized carbons (Fsp3) is 0.444. The van der Waals surface area contributed by atoms with Gasteiger partial charge in [-0.05, 0) is 30.2 Å². The zero-order valence-corrected chi connectivity index (χ0v) is 13.8. The maximum absolute atomic E-state index is 12.2. The molecule has 0 saturated carbocycles. The number of rotatable bonds is 7. The van der Waals surface area contributed by atoms with Gasteiger partial charge in [0.2, 0.25) is 5.91 Å². The van der Waals surface area contributed by atoms with Crippen LogP contribution in [0, 0.1) is 0 Å². The number of hydrogen-bond acceptors (Lipinski definition) is 4. The summed E-state index contributed by atoms with van der Waals surface area (Å²) < 4.78 is 10.9. The van der Waals surface area contributed by atoms with Gasteiger partial charge in [0, 0.05) is 19.2 Å². The SMILES string of the molecule is CCCOc1ccc(/C=C/C(=O)N2CCOC(CC(=O)O)C2)cc1. The summed E-state index contributed by atoms with van der Waals surface area (Å²) in [7, 11) is 0. The zero-order chi connectivity index (χ0) is 17.4. The second-order valence-corrected chi connectivity index (χ2v) is 5.63. The molecule has 1 aliphatic rings. The third-order valence-corrected chi connectivity index (χ3v) is 3.62. The Kier molecular flexibility index (Phi) is 6.81. The second-order valence-electron chi connectivity index (χ2n) is 5.63. The Labute approximate surface area is 141 Å². The Morgan fingerprint density at radius 1 is 1.38 bits per heavy atom. The highest BCUT2D eigenvalue weighted by molar-refractivity contribution is 5.91. The minimum Gasteiger partial charge on any atom is -0.494 e. The lowest BCUT2D eigenvalue weighted by Gasteiger charge is -2.31. The fourth-order valence-corrected chi connectivity index (χ4v) is 2.41. The van der Waals surface area contributed by atoms with E-state index in [9.17, 15) is 9.59 Å². The Balaban J connectivity index is 1.88. The van der Waals surface area contributed by atoms with Crippen LogP contribution in [0.4, 0.5) is 0 Å². The molecule has 0 bridgehead atoms.